The summed E-state index contributed by atoms with van der Waals surface area (Å²) in [5.74, 6) is 0.875. The molecule has 0 radical (unpaired) electrons. The number of carbonyl (C=O) groups excluding carboxylic acids is 1. The molecule has 1 aromatic carbocycles. The zero-order valence-electron chi connectivity index (χ0n) is 10.7. The van der Waals surface area contributed by atoms with Gasteiger partial charge in [-0.1, -0.05) is 24.3 Å². The van der Waals surface area contributed by atoms with Crippen LogP contribution in [-0.4, -0.2) is 26.2 Å². The van der Waals surface area contributed by atoms with Gasteiger partial charge in [-0.2, -0.15) is 0 Å². The predicted molar refractivity (Wildman–Crippen MR) is 69.5 cm³/mol. The van der Waals surface area contributed by atoms with Crippen LogP contribution >= 0.6 is 0 Å². The lowest BCUT2D eigenvalue weighted by Gasteiger charge is -2.20. The smallest absolute Gasteiger partial charge is 0.310 e. The van der Waals surface area contributed by atoms with Gasteiger partial charge in [-0.05, 0) is 29.9 Å². The molecule has 1 aliphatic carbocycles. The molecule has 2 atom stereocenters. The molecule has 0 spiro atoms. The maximum Gasteiger partial charge on any atom is 0.310 e. The van der Waals surface area contributed by atoms with E-state index in [0.29, 0.717) is 0 Å². The summed E-state index contributed by atoms with van der Waals surface area (Å²) in [6.07, 6.45) is 2.58. The first-order chi connectivity index (χ1) is 8.81. The van der Waals surface area contributed by atoms with Crippen LogP contribution in [0.2, 0.25) is 0 Å². The first-order valence-corrected chi connectivity index (χ1v) is 6.68. The summed E-state index contributed by atoms with van der Waals surface area (Å²) in [5, 5.41) is 3.32. The van der Waals surface area contributed by atoms with Crippen LogP contribution in [0.5, 0.6) is 0 Å². The van der Waals surface area contributed by atoms with E-state index in [1.54, 1.807) is 0 Å². The van der Waals surface area contributed by atoms with E-state index < -0.39 is 0 Å². The van der Waals surface area contributed by atoms with Crippen LogP contribution in [0.3, 0.4) is 0 Å². The molecule has 2 fully saturated rings. The lowest BCUT2D eigenvalue weighted by atomic mass is 9.85. The van der Waals surface area contributed by atoms with Gasteiger partial charge in [-0.15, -0.1) is 0 Å². The minimum absolute atomic E-state index is 0.0325. The van der Waals surface area contributed by atoms with Crippen molar-refractivity contribution in [2.45, 2.75) is 24.7 Å². The highest BCUT2D eigenvalue weighted by Crippen LogP contribution is 2.44. The summed E-state index contributed by atoms with van der Waals surface area (Å²) < 4.78 is 4.92. The molecule has 3 nitrogen and oxygen atoms in total. The van der Waals surface area contributed by atoms with E-state index in [1.807, 2.05) is 0 Å². The first kappa shape index (κ1) is 11.7. The molecule has 1 aliphatic heterocycles. The number of hydrogen-bond acceptors (Lipinski definition) is 3. The highest BCUT2D eigenvalue weighted by Gasteiger charge is 2.37. The van der Waals surface area contributed by atoms with E-state index in [4.69, 9.17) is 4.74 Å². The SMILES string of the molecule is COC(=O)C1CNCC1c1ccccc1C1CC1. The summed E-state index contributed by atoms with van der Waals surface area (Å²) in [4.78, 5) is 11.8. The van der Waals surface area contributed by atoms with Gasteiger partial charge in [-0.3, -0.25) is 4.79 Å². The number of rotatable bonds is 3. The summed E-state index contributed by atoms with van der Waals surface area (Å²) in [6.45, 7) is 1.61. The van der Waals surface area contributed by atoms with Gasteiger partial charge in [0.1, 0.15) is 0 Å². The van der Waals surface area contributed by atoms with Gasteiger partial charge in [0.15, 0.2) is 0 Å². The second-order valence-corrected chi connectivity index (χ2v) is 5.30. The Labute approximate surface area is 108 Å². The molecule has 0 bridgehead atoms. The molecule has 1 saturated carbocycles. The third-order valence-electron chi connectivity index (χ3n) is 4.13. The second kappa shape index (κ2) is 4.73. The molecule has 1 saturated heterocycles. The average molecular weight is 245 g/mol. The Balaban J connectivity index is 1.91. The predicted octanol–water partition coefficient (Wildman–Crippen LogP) is 2.04. The molecule has 0 aromatic heterocycles. The standard InChI is InChI=1S/C15H19NO2/c1-18-15(17)14-9-16-8-13(14)12-5-3-2-4-11(12)10-6-7-10/h2-5,10,13-14,16H,6-9H2,1H3. The van der Waals surface area contributed by atoms with Crippen molar-refractivity contribution in [3.05, 3.63) is 35.4 Å². The zero-order chi connectivity index (χ0) is 12.5. The molecule has 3 rings (SSSR count). The Bertz CT molecular complexity index is 454. The third kappa shape index (κ3) is 2.03. The molecule has 96 valence electrons. The van der Waals surface area contributed by atoms with E-state index in [-0.39, 0.29) is 17.8 Å². The number of ether oxygens (including phenoxy) is 1. The van der Waals surface area contributed by atoms with E-state index in [1.165, 1.54) is 31.1 Å². The van der Waals surface area contributed by atoms with Crippen molar-refractivity contribution in [3.63, 3.8) is 0 Å². The van der Waals surface area contributed by atoms with Crippen LogP contribution in [0, 0.1) is 5.92 Å². The number of benzene rings is 1. The average Bonchev–Trinajstić information content (AvgIpc) is 3.15. The van der Waals surface area contributed by atoms with Crippen LogP contribution < -0.4 is 5.32 Å². The maximum atomic E-state index is 11.8. The molecular weight excluding hydrogens is 226 g/mol. The lowest BCUT2D eigenvalue weighted by Crippen LogP contribution is -2.23. The minimum Gasteiger partial charge on any atom is -0.469 e. The van der Waals surface area contributed by atoms with Crippen LogP contribution in [0.4, 0.5) is 0 Å². The molecule has 18 heavy (non-hydrogen) atoms. The third-order valence-corrected chi connectivity index (χ3v) is 4.13. The van der Waals surface area contributed by atoms with Gasteiger partial charge >= 0.3 is 5.97 Å². The van der Waals surface area contributed by atoms with E-state index in [0.717, 1.165) is 19.0 Å². The fraction of sp³-hybridized carbons (Fsp3) is 0.533. The van der Waals surface area contributed by atoms with Crippen molar-refractivity contribution in [1.29, 1.82) is 0 Å². The van der Waals surface area contributed by atoms with E-state index >= 15 is 0 Å². The van der Waals surface area contributed by atoms with Crippen molar-refractivity contribution in [1.82, 2.24) is 5.32 Å². The maximum absolute atomic E-state index is 11.8. The number of nitrogens with one attached hydrogen (secondary N) is 1. The summed E-state index contributed by atoms with van der Waals surface area (Å²) in [5.41, 5.74) is 2.79. The molecule has 0 amide bonds. The molecule has 3 heteroatoms. The van der Waals surface area contributed by atoms with E-state index in [2.05, 4.69) is 29.6 Å². The summed E-state index contributed by atoms with van der Waals surface area (Å²) in [7, 11) is 1.48. The molecular formula is C15H19NO2. The number of hydrogen-bond donors (Lipinski definition) is 1. The Morgan fingerprint density at radius 3 is 2.61 bits per heavy atom. The minimum atomic E-state index is -0.0874. The Hall–Kier alpha value is -1.35. The molecule has 1 N–H and O–H groups in total. The van der Waals surface area contributed by atoms with Crippen LogP contribution in [-0.2, 0) is 9.53 Å². The first-order valence-electron chi connectivity index (χ1n) is 6.68. The molecule has 2 unspecified atom stereocenters. The Morgan fingerprint density at radius 1 is 1.22 bits per heavy atom. The van der Waals surface area contributed by atoms with E-state index in [9.17, 15) is 4.79 Å². The summed E-state index contributed by atoms with van der Waals surface area (Å²) >= 11 is 0. The van der Waals surface area contributed by atoms with Gasteiger partial charge in [0.2, 0.25) is 0 Å². The van der Waals surface area contributed by atoms with Gasteiger partial charge in [-0.25, -0.2) is 0 Å². The van der Waals surface area contributed by atoms with Gasteiger partial charge in [0.25, 0.3) is 0 Å². The van der Waals surface area contributed by atoms with Crippen LogP contribution in [0.15, 0.2) is 24.3 Å². The normalized spacial score (nSPS) is 27.2. The zero-order valence-corrected chi connectivity index (χ0v) is 10.7. The van der Waals surface area contributed by atoms with Gasteiger partial charge in [0, 0.05) is 19.0 Å². The fourth-order valence-electron chi connectivity index (χ4n) is 3.02. The topological polar surface area (TPSA) is 38.3 Å². The van der Waals surface area contributed by atoms with Crippen molar-refractivity contribution in [2.24, 2.45) is 5.92 Å². The second-order valence-electron chi connectivity index (χ2n) is 5.30. The Morgan fingerprint density at radius 2 is 1.94 bits per heavy atom. The van der Waals surface area contributed by atoms with Gasteiger partial charge < -0.3 is 10.1 Å². The van der Waals surface area contributed by atoms with Crippen molar-refractivity contribution >= 4 is 5.97 Å². The Kier molecular flexibility index (Phi) is 3.08. The molecule has 1 aromatic rings. The van der Waals surface area contributed by atoms with Gasteiger partial charge in [0.05, 0.1) is 13.0 Å². The summed E-state index contributed by atoms with van der Waals surface area (Å²) in [6, 6.07) is 8.58. The fourth-order valence-corrected chi connectivity index (χ4v) is 3.02. The number of esters is 1. The van der Waals surface area contributed by atoms with Crippen molar-refractivity contribution in [2.75, 3.05) is 20.2 Å². The number of carbonyl (C=O) groups is 1. The quantitative estimate of drug-likeness (QED) is 0.828. The number of methoxy groups -OCH3 is 1. The highest BCUT2D eigenvalue weighted by atomic mass is 16.5. The monoisotopic (exact) mass is 245 g/mol. The highest BCUT2D eigenvalue weighted by molar-refractivity contribution is 5.74. The van der Waals surface area contributed by atoms with Crippen LogP contribution in [0.1, 0.15) is 35.8 Å². The van der Waals surface area contributed by atoms with Crippen molar-refractivity contribution in [3.8, 4) is 0 Å². The molecule has 1 heterocycles. The van der Waals surface area contributed by atoms with Crippen molar-refractivity contribution < 1.29 is 9.53 Å². The molecule has 2 aliphatic rings. The largest absolute Gasteiger partial charge is 0.469 e. The van der Waals surface area contributed by atoms with Crippen LogP contribution in [0.25, 0.3) is 0 Å². The lowest BCUT2D eigenvalue weighted by molar-refractivity contribution is -0.145.